The number of benzene rings is 1. The number of halogens is 3. The molecule has 0 saturated heterocycles. The van der Waals surface area contributed by atoms with Crippen molar-refractivity contribution in [3.05, 3.63) is 29.1 Å². The lowest BCUT2D eigenvalue weighted by molar-refractivity contribution is 0.0684. The Bertz CT molecular complexity index is 430. The molecule has 1 N–H and O–H groups in total. The molecule has 1 aromatic carbocycles. The van der Waals surface area contributed by atoms with E-state index in [0.29, 0.717) is 0 Å². The van der Waals surface area contributed by atoms with Gasteiger partial charge in [0.25, 0.3) is 0 Å². The molecule has 0 aromatic heterocycles. The van der Waals surface area contributed by atoms with Crippen LogP contribution in [-0.2, 0) is 0 Å². The van der Waals surface area contributed by atoms with Gasteiger partial charge in [-0.2, -0.15) is 0 Å². The van der Waals surface area contributed by atoms with Gasteiger partial charge in [0.05, 0.1) is 6.10 Å². The molecule has 0 radical (unpaired) electrons. The van der Waals surface area contributed by atoms with Crippen molar-refractivity contribution in [2.24, 2.45) is 0 Å². The third-order valence-corrected chi connectivity index (χ3v) is 1.70. The molecule has 1 rings (SSSR count). The first kappa shape index (κ1) is 12.4. The monoisotopic (exact) mass is 234 g/mol. The van der Waals surface area contributed by atoms with E-state index in [2.05, 4.69) is 0 Å². The van der Waals surface area contributed by atoms with Crippen molar-refractivity contribution >= 4 is 5.97 Å². The first-order valence-corrected chi connectivity index (χ1v) is 4.42. The van der Waals surface area contributed by atoms with Gasteiger partial charge in [0, 0.05) is 6.07 Å². The van der Waals surface area contributed by atoms with Crippen molar-refractivity contribution in [1.29, 1.82) is 0 Å². The quantitative estimate of drug-likeness (QED) is 0.874. The zero-order chi connectivity index (χ0) is 12.5. The van der Waals surface area contributed by atoms with E-state index in [1.165, 1.54) is 13.8 Å². The molecule has 1 aromatic rings. The van der Waals surface area contributed by atoms with E-state index in [1.807, 2.05) is 0 Å². The highest BCUT2D eigenvalue weighted by Gasteiger charge is 2.25. The van der Waals surface area contributed by atoms with Gasteiger partial charge in [-0.15, -0.1) is 0 Å². The third-order valence-electron chi connectivity index (χ3n) is 1.70. The van der Waals surface area contributed by atoms with Crippen molar-refractivity contribution in [3.63, 3.8) is 0 Å². The largest absolute Gasteiger partial charge is 0.485 e. The molecule has 88 valence electrons. The lowest BCUT2D eigenvalue weighted by Crippen LogP contribution is -2.13. The number of aromatic carboxylic acids is 1. The standard InChI is InChI=1S/C10H9F3O3/c1-4(2)16-9-6(12)3-5(11)7(8(9)13)10(14)15/h3-4H,1-2H3,(H,14,15). The van der Waals surface area contributed by atoms with Crippen molar-refractivity contribution in [2.75, 3.05) is 0 Å². The van der Waals surface area contributed by atoms with Gasteiger partial charge in [0.1, 0.15) is 11.4 Å². The third kappa shape index (κ3) is 2.26. The fourth-order valence-corrected chi connectivity index (χ4v) is 1.11. The van der Waals surface area contributed by atoms with Gasteiger partial charge < -0.3 is 9.84 Å². The molecule has 6 heteroatoms. The Morgan fingerprint density at radius 3 is 2.31 bits per heavy atom. The SMILES string of the molecule is CC(C)Oc1c(F)cc(F)c(C(=O)O)c1F. The van der Waals surface area contributed by atoms with Gasteiger partial charge in [0.15, 0.2) is 17.4 Å². The number of ether oxygens (including phenoxy) is 1. The molecule has 16 heavy (non-hydrogen) atoms. The second-order valence-corrected chi connectivity index (χ2v) is 3.33. The predicted octanol–water partition coefficient (Wildman–Crippen LogP) is 2.59. The normalized spacial score (nSPS) is 10.6. The van der Waals surface area contributed by atoms with Crippen LogP contribution in [0, 0.1) is 17.5 Å². The maximum absolute atomic E-state index is 13.4. The van der Waals surface area contributed by atoms with E-state index in [-0.39, 0.29) is 6.07 Å². The highest BCUT2D eigenvalue weighted by molar-refractivity contribution is 5.88. The average molecular weight is 234 g/mol. The van der Waals surface area contributed by atoms with Crippen LogP contribution in [-0.4, -0.2) is 17.2 Å². The minimum Gasteiger partial charge on any atom is -0.485 e. The smallest absolute Gasteiger partial charge is 0.341 e. The first-order chi connectivity index (χ1) is 7.34. The van der Waals surface area contributed by atoms with Crippen LogP contribution >= 0.6 is 0 Å². The number of rotatable bonds is 3. The number of carboxylic acid groups (broad SMARTS) is 1. The minimum absolute atomic E-state index is 0.282. The van der Waals surface area contributed by atoms with E-state index < -0.39 is 40.8 Å². The fraction of sp³-hybridized carbons (Fsp3) is 0.300. The molecular weight excluding hydrogens is 225 g/mol. The van der Waals surface area contributed by atoms with Crippen LogP contribution < -0.4 is 4.74 Å². The Morgan fingerprint density at radius 2 is 1.88 bits per heavy atom. The van der Waals surface area contributed by atoms with E-state index in [4.69, 9.17) is 9.84 Å². The van der Waals surface area contributed by atoms with Gasteiger partial charge in [-0.25, -0.2) is 18.0 Å². The Kier molecular flexibility index (Phi) is 3.41. The summed E-state index contributed by atoms with van der Waals surface area (Å²) in [5, 5.41) is 8.54. The molecule has 0 amide bonds. The summed E-state index contributed by atoms with van der Waals surface area (Å²) in [6.07, 6.45) is -0.559. The number of carboxylic acids is 1. The van der Waals surface area contributed by atoms with E-state index in [9.17, 15) is 18.0 Å². The van der Waals surface area contributed by atoms with Crippen molar-refractivity contribution in [2.45, 2.75) is 20.0 Å². The Labute approximate surface area is 89.5 Å². The van der Waals surface area contributed by atoms with Crippen molar-refractivity contribution in [1.82, 2.24) is 0 Å². The van der Waals surface area contributed by atoms with Crippen LogP contribution in [0.1, 0.15) is 24.2 Å². The molecule has 0 fully saturated rings. The van der Waals surface area contributed by atoms with Gasteiger partial charge in [-0.3, -0.25) is 0 Å². The lowest BCUT2D eigenvalue weighted by Gasteiger charge is -2.12. The number of hydrogen-bond donors (Lipinski definition) is 1. The molecule has 0 saturated carbocycles. The summed E-state index contributed by atoms with van der Waals surface area (Å²) in [4.78, 5) is 10.5. The molecule has 3 nitrogen and oxygen atoms in total. The van der Waals surface area contributed by atoms with Crippen molar-refractivity contribution < 1.29 is 27.8 Å². The Balaban J connectivity index is 3.39. The van der Waals surface area contributed by atoms with Crippen LogP contribution in [0.25, 0.3) is 0 Å². The average Bonchev–Trinajstić information content (AvgIpc) is 2.10. The topological polar surface area (TPSA) is 46.5 Å². The summed E-state index contributed by atoms with van der Waals surface area (Å²) < 4.78 is 44.2. The number of carbonyl (C=O) groups is 1. The van der Waals surface area contributed by atoms with Gasteiger partial charge in [0.2, 0.25) is 0 Å². The summed E-state index contributed by atoms with van der Waals surface area (Å²) in [5.74, 6) is -6.98. The van der Waals surface area contributed by atoms with Gasteiger partial charge in [-0.05, 0) is 13.8 Å². The maximum Gasteiger partial charge on any atom is 0.341 e. The summed E-state index contributed by atoms with van der Waals surface area (Å²) in [6, 6.07) is 0.282. The van der Waals surface area contributed by atoms with E-state index in [1.54, 1.807) is 0 Å². The molecular formula is C10H9F3O3. The van der Waals surface area contributed by atoms with Crippen LogP contribution in [0.4, 0.5) is 13.2 Å². The van der Waals surface area contributed by atoms with Gasteiger partial charge in [-0.1, -0.05) is 0 Å². The number of hydrogen-bond acceptors (Lipinski definition) is 2. The van der Waals surface area contributed by atoms with Crippen LogP contribution in [0.3, 0.4) is 0 Å². The zero-order valence-corrected chi connectivity index (χ0v) is 8.55. The highest BCUT2D eigenvalue weighted by Crippen LogP contribution is 2.27. The Hall–Kier alpha value is -1.72. The summed E-state index contributed by atoms with van der Waals surface area (Å²) in [5.41, 5.74) is -1.22. The van der Waals surface area contributed by atoms with Crippen LogP contribution in [0.5, 0.6) is 5.75 Å². The second kappa shape index (κ2) is 4.42. The highest BCUT2D eigenvalue weighted by atomic mass is 19.1. The first-order valence-electron chi connectivity index (χ1n) is 4.42. The predicted molar refractivity (Wildman–Crippen MR) is 49.0 cm³/mol. The van der Waals surface area contributed by atoms with Gasteiger partial charge >= 0.3 is 5.97 Å². The Morgan fingerprint density at radius 1 is 1.31 bits per heavy atom. The van der Waals surface area contributed by atoms with Crippen LogP contribution in [0.15, 0.2) is 6.07 Å². The van der Waals surface area contributed by atoms with Crippen LogP contribution in [0.2, 0.25) is 0 Å². The van der Waals surface area contributed by atoms with Crippen molar-refractivity contribution in [3.8, 4) is 5.75 Å². The molecule has 0 aliphatic carbocycles. The lowest BCUT2D eigenvalue weighted by atomic mass is 10.1. The molecule has 0 atom stereocenters. The van der Waals surface area contributed by atoms with E-state index >= 15 is 0 Å². The maximum atomic E-state index is 13.4. The molecule has 0 unspecified atom stereocenters. The second-order valence-electron chi connectivity index (χ2n) is 3.33. The van der Waals surface area contributed by atoms with E-state index in [0.717, 1.165) is 0 Å². The molecule has 0 aliphatic heterocycles. The zero-order valence-electron chi connectivity index (χ0n) is 8.55. The summed E-state index contributed by atoms with van der Waals surface area (Å²) in [6.45, 7) is 3.01. The molecule has 0 aliphatic rings. The molecule has 0 heterocycles. The molecule has 0 spiro atoms. The fourth-order valence-electron chi connectivity index (χ4n) is 1.11. The minimum atomic E-state index is -1.82. The molecule has 0 bridgehead atoms. The summed E-state index contributed by atoms with van der Waals surface area (Å²) in [7, 11) is 0. The summed E-state index contributed by atoms with van der Waals surface area (Å²) >= 11 is 0.